The van der Waals surface area contributed by atoms with Crippen molar-refractivity contribution in [3.05, 3.63) is 29.8 Å². The van der Waals surface area contributed by atoms with Crippen LogP contribution >= 0.6 is 0 Å². The molecule has 0 atom stereocenters. The number of carbonyl (C=O) groups is 1. The second-order valence-corrected chi connectivity index (χ2v) is 8.55. The molecule has 0 heterocycles. The number of hydrogen-bond donors (Lipinski definition) is 2. The Bertz CT molecular complexity index is 617. The first-order valence-corrected chi connectivity index (χ1v) is 9.06. The predicted octanol–water partition coefficient (Wildman–Crippen LogP) is 1.44. The first-order chi connectivity index (χ1) is 10.5. The molecule has 2 N–H and O–H groups in total. The van der Waals surface area contributed by atoms with E-state index in [1.54, 1.807) is 0 Å². The number of hydrogen-bond acceptors (Lipinski definition) is 4. The average Bonchev–Trinajstić information content (AvgIpc) is 2.42. The molecule has 0 aliphatic heterocycles. The van der Waals surface area contributed by atoms with Gasteiger partial charge >= 0.3 is 0 Å². The largest absolute Gasteiger partial charge is 0.347 e. The highest BCUT2D eigenvalue weighted by molar-refractivity contribution is 7.89. The van der Waals surface area contributed by atoms with E-state index in [0.29, 0.717) is 12.1 Å². The van der Waals surface area contributed by atoms with Gasteiger partial charge in [-0.3, -0.25) is 4.79 Å². The summed E-state index contributed by atoms with van der Waals surface area (Å²) in [6.07, 6.45) is 0.734. The van der Waals surface area contributed by atoms with Crippen LogP contribution in [0.2, 0.25) is 0 Å². The van der Waals surface area contributed by atoms with Crippen LogP contribution in [-0.4, -0.2) is 51.9 Å². The summed E-state index contributed by atoms with van der Waals surface area (Å²) in [4.78, 5) is 14.2. The second-order valence-electron chi connectivity index (χ2n) is 6.78. The van der Waals surface area contributed by atoms with Crippen molar-refractivity contribution in [2.45, 2.75) is 37.6 Å². The number of amides is 1. The summed E-state index contributed by atoms with van der Waals surface area (Å²) < 4.78 is 26.9. The van der Waals surface area contributed by atoms with E-state index < -0.39 is 10.0 Å². The molecule has 0 saturated heterocycles. The molecule has 0 unspecified atom stereocenters. The number of rotatable bonds is 7. The highest BCUT2D eigenvalue weighted by Gasteiger charge is 2.17. The predicted molar refractivity (Wildman–Crippen MR) is 92.0 cm³/mol. The number of benzene rings is 1. The van der Waals surface area contributed by atoms with Crippen LogP contribution in [0.5, 0.6) is 0 Å². The van der Waals surface area contributed by atoms with Crippen molar-refractivity contribution in [1.82, 2.24) is 14.9 Å². The third-order valence-electron chi connectivity index (χ3n) is 2.99. The zero-order chi connectivity index (χ0) is 17.7. The lowest BCUT2D eigenvalue weighted by Crippen LogP contribution is -2.40. The number of nitrogens with zero attached hydrogens (tertiary/aromatic N) is 1. The van der Waals surface area contributed by atoms with E-state index in [9.17, 15) is 13.2 Å². The Hall–Kier alpha value is -1.44. The molecular weight excluding hydrogens is 314 g/mol. The maximum absolute atomic E-state index is 12.2. The lowest BCUT2D eigenvalue weighted by molar-refractivity contribution is 0.0919. The van der Waals surface area contributed by atoms with Crippen LogP contribution in [0.25, 0.3) is 0 Å². The van der Waals surface area contributed by atoms with Crippen LogP contribution < -0.4 is 10.0 Å². The number of carbonyl (C=O) groups excluding carboxylic acids is 1. The van der Waals surface area contributed by atoms with Gasteiger partial charge in [-0.2, -0.15) is 0 Å². The maximum atomic E-state index is 12.2. The van der Waals surface area contributed by atoms with Crippen LogP contribution in [0, 0.1) is 0 Å². The Morgan fingerprint density at radius 2 is 1.70 bits per heavy atom. The summed E-state index contributed by atoms with van der Waals surface area (Å²) >= 11 is 0. The summed E-state index contributed by atoms with van der Waals surface area (Å²) in [6.45, 7) is 6.87. The van der Waals surface area contributed by atoms with E-state index in [-0.39, 0.29) is 16.3 Å². The summed E-state index contributed by atoms with van der Waals surface area (Å²) in [5, 5.41) is 2.84. The standard InChI is InChI=1S/C16H27N3O3S/c1-16(2,3)18-15(20)13-7-9-14(10-8-13)23(21,22)17-11-6-12-19(4)5/h7-10,17H,6,11-12H2,1-5H3,(H,18,20). The van der Waals surface area contributed by atoms with Crippen molar-refractivity contribution in [2.24, 2.45) is 0 Å². The van der Waals surface area contributed by atoms with E-state index >= 15 is 0 Å². The molecule has 0 saturated carbocycles. The Labute approximate surface area is 139 Å². The van der Waals surface area contributed by atoms with Crippen LogP contribution in [0.4, 0.5) is 0 Å². The third-order valence-corrected chi connectivity index (χ3v) is 4.47. The molecule has 0 aliphatic rings. The molecule has 0 aliphatic carbocycles. The Balaban J connectivity index is 2.69. The fourth-order valence-electron chi connectivity index (χ4n) is 1.88. The van der Waals surface area contributed by atoms with E-state index in [4.69, 9.17) is 0 Å². The molecule has 6 nitrogen and oxygen atoms in total. The molecular formula is C16H27N3O3S. The lowest BCUT2D eigenvalue weighted by atomic mass is 10.1. The van der Waals surface area contributed by atoms with Gasteiger partial charge in [0.15, 0.2) is 0 Å². The van der Waals surface area contributed by atoms with Crippen molar-refractivity contribution in [3.8, 4) is 0 Å². The molecule has 0 fully saturated rings. The van der Waals surface area contributed by atoms with Gasteiger partial charge in [-0.1, -0.05) is 0 Å². The van der Waals surface area contributed by atoms with Crippen molar-refractivity contribution in [1.29, 1.82) is 0 Å². The monoisotopic (exact) mass is 341 g/mol. The lowest BCUT2D eigenvalue weighted by Gasteiger charge is -2.20. The Morgan fingerprint density at radius 3 is 2.17 bits per heavy atom. The van der Waals surface area contributed by atoms with E-state index in [2.05, 4.69) is 10.0 Å². The van der Waals surface area contributed by atoms with E-state index in [0.717, 1.165) is 13.0 Å². The van der Waals surface area contributed by atoms with Gasteiger partial charge in [-0.05, 0) is 72.1 Å². The van der Waals surface area contributed by atoms with Crippen molar-refractivity contribution in [2.75, 3.05) is 27.2 Å². The van der Waals surface area contributed by atoms with E-state index in [1.807, 2.05) is 39.8 Å². The quantitative estimate of drug-likeness (QED) is 0.736. The fraction of sp³-hybridized carbons (Fsp3) is 0.562. The van der Waals surface area contributed by atoms with Gasteiger partial charge in [0, 0.05) is 17.6 Å². The van der Waals surface area contributed by atoms with Crippen molar-refractivity contribution < 1.29 is 13.2 Å². The molecule has 0 bridgehead atoms. The Kier molecular flexibility index (Phi) is 6.73. The SMILES string of the molecule is CN(C)CCCNS(=O)(=O)c1ccc(C(=O)NC(C)(C)C)cc1. The smallest absolute Gasteiger partial charge is 0.251 e. The molecule has 1 aromatic rings. The van der Waals surface area contributed by atoms with Crippen LogP contribution in [-0.2, 0) is 10.0 Å². The topological polar surface area (TPSA) is 78.5 Å². The van der Waals surface area contributed by atoms with Gasteiger partial charge in [0.25, 0.3) is 5.91 Å². The van der Waals surface area contributed by atoms with Crippen molar-refractivity contribution in [3.63, 3.8) is 0 Å². The first-order valence-electron chi connectivity index (χ1n) is 7.58. The molecule has 130 valence electrons. The molecule has 1 aromatic carbocycles. The van der Waals surface area contributed by atoms with Crippen LogP contribution in [0.3, 0.4) is 0 Å². The molecule has 23 heavy (non-hydrogen) atoms. The summed E-state index contributed by atoms with van der Waals surface area (Å²) in [5.41, 5.74) is 0.0991. The number of sulfonamides is 1. The molecule has 7 heteroatoms. The second kappa shape index (κ2) is 7.90. The van der Waals surface area contributed by atoms with Gasteiger partial charge in [0.05, 0.1) is 4.90 Å². The van der Waals surface area contributed by atoms with Crippen LogP contribution in [0.15, 0.2) is 29.2 Å². The molecule has 1 rings (SSSR count). The molecule has 0 spiro atoms. The average molecular weight is 341 g/mol. The summed E-state index contributed by atoms with van der Waals surface area (Å²) in [5.74, 6) is -0.222. The van der Waals surface area contributed by atoms with Gasteiger partial charge in [0.2, 0.25) is 10.0 Å². The van der Waals surface area contributed by atoms with Gasteiger partial charge in [0.1, 0.15) is 0 Å². The summed E-state index contributed by atoms with van der Waals surface area (Å²) in [6, 6.07) is 5.95. The number of nitrogens with one attached hydrogen (secondary N) is 2. The maximum Gasteiger partial charge on any atom is 0.251 e. The highest BCUT2D eigenvalue weighted by atomic mass is 32.2. The third kappa shape index (κ3) is 7.11. The van der Waals surface area contributed by atoms with Gasteiger partial charge in [-0.25, -0.2) is 13.1 Å². The zero-order valence-electron chi connectivity index (χ0n) is 14.5. The zero-order valence-corrected chi connectivity index (χ0v) is 15.3. The molecule has 0 radical (unpaired) electrons. The molecule has 1 amide bonds. The summed E-state index contributed by atoms with van der Waals surface area (Å²) in [7, 11) is 0.345. The fourth-order valence-corrected chi connectivity index (χ4v) is 2.96. The first kappa shape index (κ1) is 19.6. The van der Waals surface area contributed by atoms with Crippen LogP contribution in [0.1, 0.15) is 37.6 Å². The minimum Gasteiger partial charge on any atom is -0.347 e. The minimum atomic E-state index is -3.54. The van der Waals surface area contributed by atoms with Gasteiger partial charge < -0.3 is 10.2 Å². The Morgan fingerprint density at radius 1 is 1.13 bits per heavy atom. The highest BCUT2D eigenvalue weighted by Crippen LogP contribution is 2.11. The minimum absolute atomic E-state index is 0.162. The van der Waals surface area contributed by atoms with Gasteiger partial charge in [-0.15, -0.1) is 0 Å². The van der Waals surface area contributed by atoms with Crippen molar-refractivity contribution >= 4 is 15.9 Å². The normalized spacial score (nSPS) is 12.4. The molecule has 0 aromatic heterocycles. The van der Waals surface area contributed by atoms with E-state index in [1.165, 1.54) is 24.3 Å².